The van der Waals surface area contributed by atoms with Gasteiger partial charge in [0.15, 0.2) is 0 Å². The van der Waals surface area contributed by atoms with E-state index in [0.29, 0.717) is 0 Å². The van der Waals surface area contributed by atoms with Gasteiger partial charge in [0, 0.05) is 24.3 Å². The molecular formula is C6H11NO2S. The van der Waals surface area contributed by atoms with Gasteiger partial charge >= 0.3 is 5.24 Å². The van der Waals surface area contributed by atoms with Crippen molar-refractivity contribution in [3.63, 3.8) is 0 Å². The van der Waals surface area contributed by atoms with E-state index < -0.39 is 11.2 Å². The van der Waals surface area contributed by atoms with Gasteiger partial charge in [-0.2, -0.15) is 0 Å². The van der Waals surface area contributed by atoms with Crippen molar-refractivity contribution in [2.75, 3.05) is 19.3 Å². The van der Waals surface area contributed by atoms with Crippen LogP contribution >= 0.6 is 0 Å². The smallest absolute Gasteiger partial charge is 0.429 e. The Morgan fingerprint density at radius 1 is 1.50 bits per heavy atom. The van der Waals surface area contributed by atoms with Gasteiger partial charge in [0.05, 0.1) is 0 Å². The van der Waals surface area contributed by atoms with Crippen molar-refractivity contribution >= 4 is 16.4 Å². The summed E-state index contributed by atoms with van der Waals surface area (Å²) in [5.74, 6) is 0. The Balaban J connectivity index is 2.40. The Labute approximate surface area is 63.6 Å². The van der Waals surface area contributed by atoms with Gasteiger partial charge in [0.25, 0.3) is 0 Å². The monoisotopic (exact) mass is 161 g/mol. The maximum Gasteiger partial charge on any atom is 0.429 e. The molecule has 0 saturated carbocycles. The number of amides is 1. The average molecular weight is 161 g/mol. The predicted octanol–water partition coefficient (Wildman–Crippen LogP) is 0.581. The van der Waals surface area contributed by atoms with Crippen LogP contribution in [-0.4, -0.2) is 34.0 Å². The van der Waals surface area contributed by atoms with Gasteiger partial charge in [-0.1, -0.05) is 0 Å². The molecule has 1 rings (SSSR count). The van der Waals surface area contributed by atoms with Gasteiger partial charge in [0.2, 0.25) is 0 Å². The molecule has 0 aromatic heterocycles. The van der Waals surface area contributed by atoms with Crippen molar-refractivity contribution in [1.82, 2.24) is 4.90 Å². The number of hydrogen-bond donors (Lipinski definition) is 0. The third kappa shape index (κ3) is 1.64. The lowest BCUT2D eigenvalue weighted by molar-refractivity contribution is 0.231. The molecule has 1 fully saturated rings. The van der Waals surface area contributed by atoms with E-state index in [9.17, 15) is 9.35 Å². The SMILES string of the molecule is C[S+]([O-])C(=O)N1CCCC1. The molecule has 1 amide bonds. The number of rotatable bonds is 0. The summed E-state index contributed by atoms with van der Waals surface area (Å²) in [6.07, 6.45) is 3.55. The van der Waals surface area contributed by atoms with Crippen molar-refractivity contribution in [3.8, 4) is 0 Å². The van der Waals surface area contributed by atoms with Gasteiger partial charge in [-0.3, -0.25) is 4.90 Å². The van der Waals surface area contributed by atoms with Crippen molar-refractivity contribution in [3.05, 3.63) is 0 Å². The van der Waals surface area contributed by atoms with E-state index in [1.54, 1.807) is 4.90 Å². The first-order valence-corrected chi connectivity index (χ1v) is 4.90. The summed E-state index contributed by atoms with van der Waals surface area (Å²) >= 11 is -1.31. The maximum atomic E-state index is 11.0. The zero-order valence-corrected chi connectivity index (χ0v) is 6.82. The third-order valence-corrected chi connectivity index (χ3v) is 2.36. The molecule has 0 N–H and O–H groups in total. The molecule has 0 spiro atoms. The molecule has 1 saturated heterocycles. The van der Waals surface area contributed by atoms with Crippen LogP contribution in [0.15, 0.2) is 0 Å². The van der Waals surface area contributed by atoms with Gasteiger partial charge in [0.1, 0.15) is 6.26 Å². The van der Waals surface area contributed by atoms with Crippen LogP contribution in [0.5, 0.6) is 0 Å². The first kappa shape index (κ1) is 7.88. The molecule has 3 nitrogen and oxygen atoms in total. The topological polar surface area (TPSA) is 43.4 Å². The van der Waals surface area contributed by atoms with Crippen LogP contribution in [-0.2, 0) is 11.2 Å². The van der Waals surface area contributed by atoms with Crippen LogP contribution in [0.3, 0.4) is 0 Å². The molecule has 1 atom stereocenters. The molecule has 0 aliphatic carbocycles. The van der Waals surface area contributed by atoms with Gasteiger partial charge in [-0.25, -0.2) is 4.79 Å². The zero-order valence-electron chi connectivity index (χ0n) is 6.00. The normalized spacial score (nSPS) is 21.2. The molecular weight excluding hydrogens is 150 g/mol. The minimum absolute atomic E-state index is 0.211. The standard InChI is InChI=1S/C6H11NO2S/c1-10(9)6(8)7-4-2-3-5-7/h2-5H2,1H3. The highest BCUT2D eigenvalue weighted by Gasteiger charge is 2.24. The quantitative estimate of drug-likeness (QED) is 0.488. The first-order valence-electron chi connectivity index (χ1n) is 3.34. The number of likely N-dealkylation sites (tertiary alicyclic amines) is 1. The van der Waals surface area contributed by atoms with Gasteiger partial charge in [-0.15, -0.1) is 0 Å². The first-order chi connectivity index (χ1) is 4.72. The largest absolute Gasteiger partial charge is 0.608 e. The van der Waals surface area contributed by atoms with E-state index in [-0.39, 0.29) is 5.24 Å². The highest BCUT2D eigenvalue weighted by Crippen LogP contribution is 2.10. The van der Waals surface area contributed by atoms with E-state index in [2.05, 4.69) is 0 Å². The van der Waals surface area contributed by atoms with E-state index in [1.807, 2.05) is 0 Å². The summed E-state index contributed by atoms with van der Waals surface area (Å²) in [6.45, 7) is 1.58. The summed E-state index contributed by atoms with van der Waals surface area (Å²) < 4.78 is 10.7. The van der Waals surface area contributed by atoms with Crippen molar-refractivity contribution in [2.45, 2.75) is 12.8 Å². The number of hydrogen-bond acceptors (Lipinski definition) is 2. The van der Waals surface area contributed by atoms with E-state index >= 15 is 0 Å². The van der Waals surface area contributed by atoms with Crippen molar-refractivity contribution in [1.29, 1.82) is 0 Å². The minimum atomic E-state index is -1.31. The molecule has 1 unspecified atom stereocenters. The van der Waals surface area contributed by atoms with Crippen LogP contribution in [0.1, 0.15) is 12.8 Å². The predicted molar refractivity (Wildman–Crippen MR) is 40.3 cm³/mol. The van der Waals surface area contributed by atoms with Crippen molar-refractivity contribution in [2.24, 2.45) is 0 Å². The summed E-state index contributed by atoms with van der Waals surface area (Å²) in [5.41, 5.74) is 0. The fourth-order valence-electron chi connectivity index (χ4n) is 1.08. The minimum Gasteiger partial charge on any atom is -0.608 e. The summed E-state index contributed by atoms with van der Waals surface area (Å²) in [5, 5.41) is -0.211. The fraction of sp³-hybridized carbons (Fsp3) is 0.833. The lowest BCUT2D eigenvalue weighted by Crippen LogP contribution is -2.31. The van der Waals surface area contributed by atoms with Crippen molar-refractivity contribution < 1.29 is 9.35 Å². The highest BCUT2D eigenvalue weighted by atomic mass is 32.2. The van der Waals surface area contributed by atoms with E-state index in [4.69, 9.17) is 0 Å². The van der Waals surface area contributed by atoms with Crippen LogP contribution in [0.2, 0.25) is 0 Å². The van der Waals surface area contributed by atoms with Gasteiger partial charge < -0.3 is 4.55 Å². The number of carbonyl (C=O) groups is 1. The van der Waals surface area contributed by atoms with Crippen LogP contribution in [0.25, 0.3) is 0 Å². The number of carbonyl (C=O) groups excluding carboxylic acids is 1. The Hall–Kier alpha value is -0.220. The Bertz CT molecular complexity index is 132. The van der Waals surface area contributed by atoms with Gasteiger partial charge in [-0.05, 0) is 12.8 Å². The molecule has 4 heteroatoms. The van der Waals surface area contributed by atoms with E-state index in [0.717, 1.165) is 25.9 Å². The highest BCUT2D eigenvalue weighted by molar-refractivity contribution is 8.05. The third-order valence-electron chi connectivity index (χ3n) is 1.61. The molecule has 1 heterocycles. The molecule has 0 radical (unpaired) electrons. The molecule has 1 aliphatic heterocycles. The molecule has 0 aromatic rings. The Kier molecular flexibility index (Phi) is 2.56. The zero-order chi connectivity index (χ0) is 7.56. The molecule has 58 valence electrons. The maximum absolute atomic E-state index is 11.0. The lowest BCUT2D eigenvalue weighted by atomic mass is 10.4. The molecule has 1 aliphatic rings. The Morgan fingerprint density at radius 2 is 2.00 bits per heavy atom. The fourth-order valence-corrected chi connectivity index (χ4v) is 1.63. The lowest BCUT2D eigenvalue weighted by Gasteiger charge is -2.13. The Morgan fingerprint density at radius 3 is 2.40 bits per heavy atom. The second kappa shape index (κ2) is 3.25. The molecule has 10 heavy (non-hydrogen) atoms. The summed E-state index contributed by atoms with van der Waals surface area (Å²) in [4.78, 5) is 12.6. The second-order valence-corrected chi connectivity index (χ2v) is 3.67. The summed E-state index contributed by atoms with van der Waals surface area (Å²) in [7, 11) is 0. The molecule has 0 bridgehead atoms. The number of nitrogens with zero attached hydrogens (tertiary/aromatic N) is 1. The van der Waals surface area contributed by atoms with Crippen LogP contribution in [0, 0.1) is 0 Å². The van der Waals surface area contributed by atoms with Crippen LogP contribution < -0.4 is 0 Å². The average Bonchev–Trinajstić information content (AvgIpc) is 2.36. The summed E-state index contributed by atoms with van der Waals surface area (Å²) in [6, 6.07) is 0. The molecule has 0 aromatic carbocycles. The van der Waals surface area contributed by atoms with E-state index in [1.165, 1.54) is 6.26 Å². The van der Waals surface area contributed by atoms with Crippen LogP contribution in [0.4, 0.5) is 4.79 Å². The second-order valence-electron chi connectivity index (χ2n) is 2.41.